The number of hydrogen-bond acceptors (Lipinski definition) is 5. The average molecular weight is 632 g/mol. The van der Waals surface area contributed by atoms with Gasteiger partial charge in [-0.2, -0.15) is 0 Å². The van der Waals surface area contributed by atoms with Crippen LogP contribution in [0.2, 0.25) is 0 Å². The molecule has 4 N–H and O–H groups in total. The molecule has 6 aromatic rings. The Hall–Kier alpha value is -5.20. The zero-order chi connectivity index (χ0) is 32.6. The number of likely N-dealkylation sites (tertiary alicyclic amines) is 1. The van der Waals surface area contributed by atoms with Crippen LogP contribution in [0.3, 0.4) is 0 Å². The molecule has 7 nitrogen and oxygen atoms in total. The Morgan fingerprint density at radius 3 is 2.42 bits per heavy atom. The quantitative estimate of drug-likeness (QED) is 0.0902. The van der Waals surface area contributed by atoms with Crippen LogP contribution in [0.25, 0.3) is 54.7 Å². The van der Waals surface area contributed by atoms with Crippen LogP contribution in [0.1, 0.15) is 43.9 Å². The highest BCUT2D eigenvalue weighted by Gasteiger charge is 2.32. The molecule has 7 heteroatoms. The van der Waals surface area contributed by atoms with E-state index < -0.39 is 0 Å². The molecule has 1 aliphatic carbocycles. The van der Waals surface area contributed by atoms with Gasteiger partial charge in [-0.05, 0) is 103 Å². The van der Waals surface area contributed by atoms with Crippen molar-refractivity contribution in [3.05, 3.63) is 126 Å². The molecule has 4 aromatic carbocycles. The summed E-state index contributed by atoms with van der Waals surface area (Å²) in [6, 6.07) is 22.3. The maximum absolute atomic E-state index is 5.24. The Bertz CT molecular complexity index is 2310. The molecular formula is C41H41N7. The molecular weight excluding hydrogens is 591 g/mol. The van der Waals surface area contributed by atoms with E-state index in [9.17, 15) is 0 Å². The number of likely N-dealkylation sites (N-methyl/N-ethyl adjacent to an activating group) is 1. The Balaban J connectivity index is 1.08. The highest BCUT2D eigenvalue weighted by molar-refractivity contribution is 6.07. The van der Waals surface area contributed by atoms with Crippen LogP contribution in [0, 0.1) is 0 Å². The molecule has 1 aliphatic heterocycles. The van der Waals surface area contributed by atoms with Gasteiger partial charge in [-0.3, -0.25) is 0 Å². The lowest BCUT2D eigenvalue weighted by atomic mass is 9.98. The molecule has 1 fully saturated rings. The van der Waals surface area contributed by atoms with E-state index >= 15 is 0 Å². The van der Waals surface area contributed by atoms with E-state index in [-0.39, 0.29) is 12.1 Å². The number of nitrogens with zero attached hydrogens (tertiary/aromatic N) is 3. The third-order valence-corrected chi connectivity index (χ3v) is 9.80. The minimum atomic E-state index is 0.0146. The van der Waals surface area contributed by atoms with Crippen LogP contribution in [0.15, 0.2) is 115 Å². The van der Waals surface area contributed by atoms with Crippen molar-refractivity contribution in [2.45, 2.75) is 44.8 Å². The van der Waals surface area contributed by atoms with E-state index in [1.807, 2.05) is 25.3 Å². The van der Waals surface area contributed by atoms with Crippen LogP contribution >= 0.6 is 0 Å². The van der Waals surface area contributed by atoms with Crippen LogP contribution in [-0.4, -0.2) is 51.0 Å². The number of imidazole rings is 2. The molecule has 0 radical (unpaired) electrons. The second-order valence-electron chi connectivity index (χ2n) is 12.9. The Labute approximate surface area is 280 Å². The molecule has 240 valence electrons. The Morgan fingerprint density at radius 2 is 1.69 bits per heavy atom. The third-order valence-electron chi connectivity index (χ3n) is 9.80. The summed E-state index contributed by atoms with van der Waals surface area (Å²) < 4.78 is 0. The van der Waals surface area contributed by atoms with Gasteiger partial charge in [-0.15, -0.1) is 5.73 Å². The lowest BCUT2D eigenvalue weighted by molar-refractivity contribution is 0.297. The Morgan fingerprint density at radius 1 is 0.958 bits per heavy atom. The monoisotopic (exact) mass is 631 g/mol. The van der Waals surface area contributed by atoms with Crippen LogP contribution in [0.4, 0.5) is 0 Å². The van der Waals surface area contributed by atoms with Gasteiger partial charge in [-0.1, -0.05) is 62.1 Å². The predicted molar refractivity (Wildman–Crippen MR) is 199 cm³/mol. The van der Waals surface area contributed by atoms with E-state index in [0.717, 1.165) is 83.7 Å². The van der Waals surface area contributed by atoms with E-state index in [2.05, 4.69) is 118 Å². The number of fused-ring (bicyclic) bond motifs is 6. The molecule has 2 unspecified atom stereocenters. The molecule has 2 aliphatic rings. The van der Waals surface area contributed by atoms with Crippen LogP contribution in [0.5, 0.6) is 0 Å². The van der Waals surface area contributed by atoms with Gasteiger partial charge >= 0.3 is 0 Å². The van der Waals surface area contributed by atoms with Gasteiger partial charge in [0, 0.05) is 23.0 Å². The summed E-state index contributed by atoms with van der Waals surface area (Å²) in [5, 5.41) is 11.6. The topological polar surface area (TPSA) is 84.7 Å². The molecule has 0 amide bonds. The minimum absolute atomic E-state index is 0.0146. The number of hydrogen-bond donors (Lipinski definition) is 4. The molecule has 3 heterocycles. The predicted octanol–water partition coefficient (Wildman–Crippen LogP) is 8.36. The first-order chi connectivity index (χ1) is 23.6. The van der Waals surface area contributed by atoms with E-state index in [0.29, 0.717) is 0 Å². The van der Waals surface area contributed by atoms with Crippen molar-refractivity contribution in [1.29, 1.82) is 0 Å². The number of H-pyrrole nitrogens is 2. The van der Waals surface area contributed by atoms with Gasteiger partial charge in [0.1, 0.15) is 11.6 Å². The fourth-order valence-electron chi connectivity index (χ4n) is 7.41. The van der Waals surface area contributed by atoms with Gasteiger partial charge in [0.25, 0.3) is 0 Å². The standard InChI is InChI=1S/C41H41N7/c1-4-21-43-25-37-44-34-19-15-30-23-28(13-17-32(30)39(34)46-37)29-14-18-33-31(24-29)16-20-35-40(33)47-41(45-35)36-12-9-22-48(36)26(2)38(42-3)27-10-7-5-6-8-11-27/h5,7-8,10-11,13-20,23-24,36,38,42-43H,2,4,9,12,21-22,25H2,1,3H3,(H,44,46)(H,45,47). The highest BCUT2D eigenvalue weighted by Crippen LogP contribution is 2.38. The molecule has 0 spiro atoms. The van der Waals surface area contributed by atoms with E-state index in [4.69, 9.17) is 9.97 Å². The van der Waals surface area contributed by atoms with Crippen molar-refractivity contribution in [2.24, 2.45) is 0 Å². The van der Waals surface area contributed by atoms with Gasteiger partial charge in [0.2, 0.25) is 0 Å². The first kappa shape index (κ1) is 30.2. The zero-order valence-corrected chi connectivity index (χ0v) is 27.6. The summed E-state index contributed by atoms with van der Waals surface area (Å²) in [5.41, 5.74) is 12.0. The summed E-state index contributed by atoms with van der Waals surface area (Å²) in [4.78, 5) is 19.7. The lowest BCUT2D eigenvalue weighted by Gasteiger charge is -2.33. The molecule has 8 rings (SSSR count). The minimum Gasteiger partial charge on any atom is -0.364 e. The Kier molecular flexibility index (Phi) is 8.03. The lowest BCUT2D eigenvalue weighted by Crippen LogP contribution is -2.37. The maximum Gasteiger partial charge on any atom is 0.130 e. The van der Waals surface area contributed by atoms with Crippen molar-refractivity contribution < 1.29 is 0 Å². The summed E-state index contributed by atoms with van der Waals surface area (Å²) in [6.45, 7) is 9.45. The summed E-state index contributed by atoms with van der Waals surface area (Å²) in [6.07, 6.45) is 13.4. The number of nitrogens with one attached hydrogen (secondary N) is 4. The van der Waals surface area contributed by atoms with Gasteiger partial charge < -0.3 is 25.5 Å². The van der Waals surface area contributed by atoms with Crippen molar-refractivity contribution in [1.82, 2.24) is 35.5 Å². The fourth-order valence-corrected chi connectivity index (χ4v) is 7.41. The molecule has 0 bridgehead atoms. The fraction of sp³-hybridized carbons (Fsp3) is 0.244. The number of aromatic nitrogens is 4. The van der Waals surface area contributed by atoms with E-state index in [1.54, 1.807) is 0 Å². The van der Waals surface area contributed by atoms with Crippen molar-refractivity contribution in [3.8, 4) is 11.1 Å². The van der Waals surface area contributed by atoms with Crippen molar-refractivity contribution in [2.75, 3.05) is 20.1 Å². The van der Waals surface area contributed by atoms with Gasteiger partial charge in [-0.25, -0.2) is 9.97 Å². The van der Waals surface area contributed by atoms with Crippen LogP contribution < -0.4 is 10.6 Å². The van der Waals surface area contributed by atoms with Crippen molar-refractivity contribution in [3.63, 3.8) is 0 Å². The number of allylic oxidation sites excluding steroid dienone is 3. The summed E-state index contributed by atoms with van der Waals surface area (Å²) >= 11 is 0. The van der Waals surface area contributed by atoms with E-state index in [1.165, 1.54) is 32.9 Å². The first-order valence-corrected chi connectivity index (χ1v) is 17.1. The number of rotatable bonds is 10. The largest absolute Gasteiger partial charge is 0.364 e. The molecule has 48 heavy (non-hydrogen) atoms. The summed E-state index contributed by atoms with van der Waals surface area (Å²) in [7, 11) is 2.00. The summed E-state index contributed by atoms with van der Waals surface area (Å²) in [5.74, 6) is 1.98. The normalized spacial score (nSPS) is 16.8. The SMILES string of the molecule is C=C(C(NC)C1=CC=C=CC=C1)N1CCCC1c1nc2c(ccc3cc(-c4ccc5c(ccc6[nH]c(CNCCC)nc65)c4)ccc32)[nH]1. The molecule has 1 saturated heterocycles. The zero-order valence-electron chi connectivity index (χ0n) is 27.6. The van der Waals surface area contributed by atoms with Gasteiger partial charge in [0.05, 0.1) is 40.7 Å². The highest BCUT2D eigenvalue weighted by atomic mass is 15.2. The number of aromatic amines is 2. The molecule has 0 saturated carbocycles. The van der Waals surface area contributed by atoms with Crippen LogP contribution in [-0.2, 0) is 6.54 Å². The second kappa shape index (κ2) is 12.8. The average Bonchev–Trinajstić information content (AvgIpc) is 3.83. The number of benzene rings is 4. The van der Waals surface area contributed by atoms with Gasteiger partial charge in [0.15, 0.2) is 0 Å². The molecule has 2 aromatic heterocycles. The third kappa shape index (κ3) is 5.46. The van der Waals surface area contributed by atoms with Crippen molar-refractivity contribution >= 4 is 43.6 Å². The first-order valence-electron chi connectivity index (χ1n) is 17.1. The maximum atomic E-state index is 5.24. The molecule has 2 atom stereocenters. The second-order valence-corrected chi connectivity index (χ2v) is 12.9. The smallest absolute Gasteiger partial charge is 0.130 e.